The Morgan fingerprint density at radius 2 is 2.11 bits per heavy atom. The van der Waals surface area contributed by atoms with Crippen LogP contribution in [0, 0.1) is 0 Å². The Morgan fingerprint density at radius 1 is 1.39 bits per heavy atom. The number of nitrogens with two attached hydrogens (primary N) is 1. The molecule has 4 heteroatoms. The molecule has 1 fully saturated rings. The molecule has 1 aromatic rings. The predicted molar refractivity (Wildman–Crippen MR) is 77.1 cm³/mol. The molecule has 0 radical (unpaired) electrons. The van der Waals surface area contributed by atoms with Crippen molar-refractivity contribution in [2.45, 2.75) is 51.1 Å². The molecule has 2 N–H and O–H groups in total. The molecule has 0 aliphatic heterocycles. The first-order valence-electron chi connectivity index (χ1n) is 6.85. The van der Waals surface area contributed by atoms with E-state index in [2.05, 4.69) is 16.8 Å². The van der Waals surface area contributed by atoms with Crippen LogP contribution in [0.25, 0.3) is 0 Å². The van der Waals surface area contributed by atoms with E-state index in [4.69, 9.17) is 17.3 Å². The quantitative estimate of drug-likeness (QED) is 0.911. The van der Waals surface area contributed by atoms with E-state index < -0.39 is 0 Å². The normalized spacial score (nSPS) is 23.9. The van der Waals surface area contributed by atoms with Crippen molar-refractivity contribution in [1.82, 2.24) is 4.98 Å². The minimum Gasteiger partial charge on any atom is -0.352 e. The highest BCUT2D eigenvalue weighted by Crippen LogP contribution is 2.30. The smallest absolute Gasteiger partial charge is 0.147 e. The standard InChI is InChI=1S/C14H22ClN3/c1-2-10-18(12-7-5-11(16)6-8-12)14-13(15)4-3-9-17-14/h3-4,9,11-12H,2,5-8,10,16H2,1H3. The second kappa shape index (κ2) is 6.39. The van der Waals surface area contributed by atoms with Gasteiger partial charge in [-0.05, 0) is 44.2 Å². The largest absolute Gasteiger partial charge is 0.352 e. The lowest BCUT2D eigenvalue weighted by Crippen LogP contribution is -2.42. The zero-order valence-corrected chi connectivity index (χ0v) is 11.7. The highest BCUT2D eigenvalue weighted by molar-refractivity contribution is 6.32. The summed E-state index contributed by atoms with van der Waals surface area (Å²) in [6.07, 6.45) is 7.43. The fourth-order valence-electron chi connectivity index (χ4n) is 2.70. The third-order valence-corrected chi connectivity index (χ3v) is 3.95. The highest BCUT2D eigenvalue weighted by atomic mass is 35.5. The first kappa shape index (κ1) is 13.6. The number of pyridine rings is 1. The van der Waals surface area contributed by atoms with Gasteiger partial charge in [0, 0.05) is 24.8 Å². The van der Waals surface area contributed by atoms with Gasteiger partial charge in [-0.25, -0.2) is 4.98 Å². The van der Waals surface area contributed by atoms with Crippen LogP contribution in [0.2, 0.25) is 5.02 Å². The van der Waals surface area contributed by atoms with E-state index in [9.17, 15) is 0 Å². The minimum atomic E-state index is 0.379. The first-order chi connectivity index (χ1) is 8.72. The van der Waals surface area contributed by atoms with Crippen molar-refractivity contribution in [3.8, 4) is 0 Å². The fraction of sp³-hybridized carbons (Fsp3) is 0.643. The average molecular weight is 268 g/mol. The third kappa shape index (κ3) is 3.15. The number of anilines is 1. The van der Waals surface area contributed by atoms with Crippen LogP contribution in [-0.4, -0.2) is 23.6 Å². The lowest BCUT2D eigenvalue weighted by Gasteiger charge is -2.37. The summed E-state index contributed by atoms with van der Waals surface area (Å²) in [5, 5.41) is 0.751. The van der Waals surface area contributed by atoms with Gasteiger partial charge in [0.2, 0.25) is 0 Å². The molecule has 0 saturated heterocycles. The number of rotatable bonds is 4. The average Bonchev–Trinajstić information content (AvgIpc) is 2.38. The highest BCUT2D eigenvalue weighted by Gasteiger charge is 2.25. The van der Waals surface area contributed by atoms with Crippen LogP contribution in [0.1, 0.15) is 39.0 Å². The van der Waals surface area contributed by atoms with Gasteiger partial charge in [-0.2, -0.15) is 0 Å². The molecule has 0 amide bonds. The molecule has 1 saturated carbocycles. The van der Waals surface area contributed by atoms with Gasteiger partial charge in [0.25, 0.3) is 0 Å². The topological polar surface area (TPSA) is 42.2 Å². The van der Waals surface area contributed by atoms with Gasteiger partial charge in [-0.3, -0.25) is 0 Å². The van der Waals surface area contributed by atoms with Gasteiger partial charge < -0.3 is 10.6 Å². The SMILES string of the molecule is CCCN(c1ncccc1Cl)C1CCC(N)CC1. The minimum absolute atomic E-state index is 0.379. The van der Waals surface area contributed by atoms with Crippen LogP contribution >= 0.6 is 11.6 Å². The summed E-state index contributed by atoms with van der Waals surface area (Å²) in [5.41, 5.74) is 5.98. The Hall–Kier alpha value is -0.800. The van der Waals surface area contributed by atoms with Crippen molar-refractivity contribution in [2.24, 2.45) is 5.73 Å². The summed E-state index contributed by atoms with van der Waals surface area (Å²) in [6.45, 7) is 3.20. The molecule has 1 aliphatic carbocycles. The molecule has 0 unspecified atom stereocenters. The Bertz CT molecular complexity index is 375. The van der Waals surface area contributed by atoms with Gasteiger partial charge in [0.15, 0.2) is 0 Å². The monoisotopic (exact) mass is 267 g/mol. The maximum absolute atomic E-state index is 6.27. The molecule has 0 atom stereocenters. The Morgan fingerprint density at radius 3 is 2.72 bits per heavy atom. The number of hydrogen-bond donors (Lipinski definition) is 1. The summed E-state index contributed by atoms with van der Waals surface area (Å²) >= 11 is 6.27. The summed E-state index contributed by atoms with van der Waals surface area (Å²) < 4.78 is 0. The molecule has 0 bridgehead atoms. The lowest BCUT2D eigenvalue weighted by molar-refractivity contribution is 0.374. The van der Waals surface area contributed by atoms with Crippen molar-refractivity contribution < 1.29 is 0 Å². The Balaban J connectivity index is 2.15. The number of aromatic nitrogens is 1. The van der Waals surface area contributed by atoms with Crippen LogP contribution in [0.3, 0.4) is 0 Å². The van der Waals surface area contributed by atoms with E-state index >= 15 is 0 Å². The molecule has 1 heterocycles. The van der Waals surface area contributed by atoms with Crippen LogP contribution in [0.4, 0.5) is 5.82 Å². The molecule has 3 nitrogen and oxygen atoms in total. The van der Waals surface area contributed by atoms with Crippen molar-refractivity contribution in [3.05, 3.63) is 23.4 Å². The van der Waals surface area contributed by atoms with Crippen LogP contribution < -0.4 is 10.6 Å². The van der Waals surface area contributed by atoms with Gasteiger partial charge in [0.1, 0.15) is 5.82 Å². The zero-order valence-electron chi connectivity index (χ0n) is 11.0. The molecule has 2 rings (SSSR count). The Labute approximate surface area is 114 Å². The lowest BCUT2D eigenvalue weighted by atomic mass is 9.90. The number of halogens is 1. The summed E-state index contributed by atoms with van der Waals surface area (Å²) in [4.78, 5) is 6.82. The van der Waals surface area contributed by atoms with Gasteiger partial charge in [-0.15, -0.1) is 0 Å². The van der Waals surface area contributed by atoms with Gasteiger partial charge in [-0.1, -0.05) is 18.5 Å². The molecule has 18 heavy (non-hydrogen) atoms. The van der Waals surface area contributed by atoms with E-state index in [0.717, 1.165) is 49.5 Å². The maximum Gasteiger partial charge on any atom is 0.147 e. The molecule has 0 spiro atoms. The molecule has 1 aliphatic rings. The number of nitrogens with zero attached hydrogens (tertiary/aromatic N) is 2. The second-order valence-corrected chi connectivity index (χ2v) is 5.48. The molecular formula is C14H22ClN3. The zero-order chi connectivity index (χ0) is 13.0. The van der Waals surface area contributed by atoms with Crippen molar-refractivity contribution >= 4 is 17.4 Å². The Kier molecular flexibility index (Phi) is 4.84. The molecule has 100 valence electrons. The summed E-state index contributed by atoms with van der Waals surface area (Å²) in [6, 6.07) is 4.72. The van der Waals surface area contributed by atoms with E-state index in [-0.39, 0.29) is 0 Å². The summed E-state index contributed by atoms with van der Waals surface area (Å²) in [5.74, 6) is 0.932. The number of hydrogen-bond acceptors (Lipinski definition) is 3. The van der Waals surface area contributed by atoms with Crippen LogP contribution in [-0.2, 0) is 0 Å². The van der Waals surface area contributed by atoms with E-state index in [1.54, 1.807) is 0 Å². The van der Waals surface area contributed by atoms with Gasteiger partial charge in [0.05, 0.1) is 5.02 Å². The predicted octanol–water partition coefficient (Wildman–Crippen LogP) is 3.22. The van der Waals surface area contributed by atoms with Gasteiger partial charge >= 0.3 is 0 Å². The van der Waals surface area contributed by atoms with E-state index in [1.165, 1.54) is 0 Å². The molecular weight excluding hydrogens is 246 g/mol. The van der Waals surface area contributed by atoms with Crippen molar-refractivity contribution in [3.63, 3.8) is 0 Å². The maximum atomic E-state index is 6.27. The van der Waals surface area contributed by atoms with Crippen molar-refractivity contribution in [2.75, 3.05) is 11.4 Å². The third-order valence-electron chi connectivity index (χ3n) is 3.66. The first-order valence-corrected chi connectivity index (χ1v) is 7.23. The van der Waals surface area contributed by atoms with Crippen molar-refractivity contribution in [1.29, 1.82) is 0 Å². The van der Waals surface area contributed by atoms with Crippen LogP contribution in [0.15, 0.2) is 18.3 Å². The van der Waals surface area contributed by atoms with E-state index in [1.807, 2.05) is 18.3 Å². The summed E-state index contributed by atoms with van der Waals surface area (Å²) in [7, 11) is 0. The second-order valence-electron chi connectivity index (χ2n) is 5.07. The van der Waals surface area contributed by atoms with Crippen LogP contribution in [0.5, 0.6) is 0 Å². The molecule has 0 aromatic carbocycles. The van der Waals surface area contributed by atoms with E-state index in [0.29, 0.717) is 12.1 Å². The fourth-order valence-corrected chi connectivity index (χ4v) is 2.93. The molecule has 1 aromatic heterocycles.